The van der Waals surface area contributed by atoms with Crippen molar-refractivity contribution in [2.24, 2.45) is 0 Å². The summed E-state index contributed by atoms with van der Waals surface area (Å²) < 4.78 is 4.53. The molecule has 0 spiro atoms. The molecule has 0 heterocycles. The first-order valence-corrected chi connectivity index (χ1v) is 4.27. The molecular weight excluding hydrogens is 192 g/mol. The maximum absolute atomic E-state index is 11.3. The average Bonchev–Trinajstić information content (AvgIpc) is 2.28. The fourth-order valence-corrected chi connectivity index (χ4v) is 1.06. The predicted octanol–water partition coefficient (Wildman–Crippen LogP) is 2.00. The number of ketones is 1. The molecule has 0 aliphatic carbocycles. The molecule has 1 aromatic carbocycles. The number of carbonyl (C=O) groups is 2. The molecule has 0 bridgehead atoms. The van der Waals surface area contributed by atoms with Gasteiger partial charge in [0.05, 0.1) is 12.7 Å². The Morgan fingerprint density at radius 3 is 2.27 bits per heavy atom. The standard InChI is InChI=1S/C12H10O3/c1-3-4-11(13)9-5-7-10(8-6-9)12(14)15-2/h4-8H,1H2,2H3. The van der Waals surface area contributed by atoms with Crippen molar-refractivity contribution in [3.05, 3.63) is 53.8 Å². The van der Waals surface area contributed by atoms with Crippen molar-refractivity contribution in [1.82, 2.24) is 0 Å². The molecule has 0 aromatic heterocycles. The molecular formula is C12H10O3. The van der Waals surface area contributed by atoms with E-state index in [-0.39, 0.29) is 5.78 Å². The van der Waals surface area contributed by atoms with Crippen LogP contribution in [0, 0.1) is 0 Å². The quantitative estimate of drug-likeness (QED) is 0.326. The topological polar surface area (TPSA) is 43.4 Å². The van der Waals surface area contributed by atoms with Crippen LogP contribution in [0.25, 0.3) is 0 Å². The zero-order valence-electron chi connectivity index (χ0n) is 8.32. The van der Waals surface area contributed by atoms with Crippen LogP contribution in [-0.4, -0.2) is 18.9 Å². The molecule has 0 unspecified atom stereocenters. The van der Waals surface area contributed by atoms with Crippen LogP contribution in [0.5, 0.6) is 0 Å². The highest BCUT2D eigenvalue weighted by Gasteiger charge is 2.06. The lowest BCUT2D eigenvalue weighted by atomic mass is 10.1. The van der Waals surface area contributed by atoms with E-state index in [1.807, 2.05) is 0 Å². The predicted molar refractivity (Wildman–Crippen MR) is 55.8 cm³/mol. The van der Waals surface area contributed by atoms with Gasteiger partial charge >= 0.3 is 5.97 Å². The maximum Gasteiger partial charge on any atom is 0.337 e. The van der Waals surface area contributed by atoms with Crippen molar-refractivity contribution in [2.45, 2.75) is 0 Å². The molecule has 0 radical (unpaired) electrons. The van der Waals surface area contributed by atoms with E-state index in [1.54, 1.807) is 12.1 Å². The Balaban J connectivity index is 2.94. The molecule has 15 heavy (non-hydrogen) atoms. The van der Waals surface area contributed by atoms with Gasteiger partial charge in [-0.25, -0.2) is 4.79 Å². The first-order chi connectivity index (χ1) is 7.19. The van der Waals surface area contributed by atoms with Gasteiger partial charge in [-0.2, -0.15) is 0 Å². The molecule has 3 heteroatoms. The molecule has 0 fully saturated rings. The van der Waals surface area contributed by atoms with Gasteiger partial charge in [0.15, 0.2) is 5.78 Å². The van der Waals surface area contributed by atoms with Gasteiger partial charge in [-0.15, -0.1) is 5.73 Å². The monoisotopic (exact) mass is 202 g/mol. The highest BCUT2D eigenvalue weighted by molar-refractivity contribution is 6.04. The van der Waals surface area contributed by atoms with Crippen molar-refractivity contribution in [3.8, 4) is 0 Å². The number of hydrogen-bond acceptors (Lipinski definition) is 3. The second kappa shape index (κ2) is 4.94. The van der Waals surface area contributed by atoms with Gasteiger partial charge in [-0.3, -0.25) is 4.79 Å². The molecule has 76 valence electrons. The second-order valence-corrected chi connectivity index (χ2v) is 2.78. The lowest BCUT2D eigenvalue weighted by Gasteiger charge is -1.99. The van der Waals surface area contributed by atoms with Gasteiger partial charge in [0.2, 0.25) is 0 Å². The summed E-state index contributed by atoms with van der Waals surface area (Å²) in [5, 5.41) is 0. The van der Waals surface area contributed by atoms with Crippen LogP contribution in [-0.2, 0) is 4.74 Å². The van der Waals surface area contributed by atoms with Crippen LogP contribution in [0.4, 0.5) is 0 Å². The smallest absolute Gasteiger partial charge is 0.337 e. The van der Waals surface area contributed by atoms with Crippen LogP contribution < -0.4 is 0 Å². The fourth-order valence-electron chi connectivity index (χ4n) is 1.06. The molecule has 0 saturated heterocycles. The number of hydrogen-bond donors (Lipinski definition) is 0. The van der Waals surface area contributed by atoms with E-state index in [4.69, 9.17) is 0 Å². The summed E-state index contributed by atoms with van der Waals surface area (Å²) in [6, 6.07) is 6.19. The van der Waals surface area contributed by atoms with Crippen molar-refractivity contribution in [2.75, 3.05) is 7.11 Å². The summed E-state index contributed by atoms with van der Waals surface area (Å²) in [6.07, 6.45) is 1.24. The lowest BCUT2D eigenvalue weighted by Crippen LogP contribution is -2.02. The van der Waals surface area contributed by atoms with E-state index in [9.17, 15) is 9.59 Å². The number of benzene rings is 1. The van der Waals surface area contributed by atoms with E-state index < -0.39 is 5.97 Å². The summed E-state index contributed by atoms with van der Waals surface area (Å²) >= 11 is 0. The Bertz CT molecular complexity index is 423. The normalized spacial score (nSPS) is 8.87. The number of rotatable bonds is 3. The first-order valence-electron chi connectivity index (χ1n) is 4.27. The van der Waals surface area contributed by atoms with Gasteiger partial charge in [0.1, 0.15) is 0 Å². The number of esters is 1. The largest absolute Gasteiger partial charge is 0.465 e. The van der Waals surface area contributed by atoms with Gasteiger partial charge in [0, 0.05) is 11.6 Å². The Labute approximate surface area is 87.7 Å². The number of carbonyl (C=O) groups excluding carboxylic acids is 2. The van der Waals surface area contributed by atoms with Crippen molar-refractivity contribution < 1.29 is 14.3 Å². The zero-order valence-corrected chi connectivity index (χ0v) is 8.32. The van der Waals surface area contributed by atoms with Crippen molar-refractivity contribution >= 4 is 11.8 Å². The third kappa shape index (κ3) is 2.66. The molecule has 0 amide bonds. The third-order valence-corrected chi connectivity index (χ3v) is 1.82. The van der Waals surface area contributed by atoms with E-state index in [0.717, 1.165) is 0 Å². The first kappa shape index (κ1) is 11.0. The summed E-state index contributed by atoms with van der Waals surface area (Å²) in [5.41, 5.74) is 3.30. The Hall–Kier alpha value is -2.12. The highest BCUT2D eigenvalue weighted by atomic mass is 16.5. The molecule has 0 atom stereocenters. The van der Waals surface area contributed by atoms with Crippen LogP contribution >= 0.6 is 0 Å². The average molecular weight is 202 g/mol. The van der Waals surface area contributed by atoms with Crippen LogP contribution in [0.1, 0.15) is 20.7 Å². The van der Waals surface area contributed by atoms with Crippen LogP contribution in [0.15, 0.2) is 42.7 Å². The van der Waals surface area contributed by atoms with Crippen molar-refractivity contribution in [3.63, 3.8) is 0 Å². The third-order valence-electron chi connectivity index (χ3n) is 1.82. The van der Waals surface area contributed by atoms with Gasteiger partial charge < -0.3 is 4.74 Å². The summed E-state index contributed by atoms with van der Waals surface area (Å²) in [6.45, 7) is 3.31. The van der Waals surface area contributed by atoms with Gasteiger partial charge in [-0.05, 0) is 12.1 Å². The summed E-state index contributed by atoms with van der Waals surface area (Å²) in [5.74, 6) is -0.616. The zero-order chi connectivity index (χ0) is 11.3. The Morgan fingerprint density at radius 1 is 1.27 bits per heavy atom. The lowest BCUT2D eigenvalue weighted by molar-refractivity contribution is 0.0600. The molecule has 3 nitrogen and oxygen atoms in total. The SMILES string of the molecule is C=C=CC(=O)c1ccc(C(=O)OC)cc1. The minimum absolute atomic E-state index is 0.193. The number of methoxy groups -OCH3 is 1. The molecule has 0 N–H and O–H groups in total. The van der Waals surface area contributed by atoms with E-state index in [1.165, 1.54) is 25.3 Å². The minimum atomic E-state index is -0.423. The highest BCUT2D eigenvalue weighted by Crippen LogP contribution is 2.06. The van der Waals surface area contributed by atoms with Crippen molar-refractivity contribution in [1.29, 1.82) is 0 Å². The van der Waals surface area contributed by atoms with E-state index in [2.05, 4.69) is 17.0 Å². The summed E-state index contributed by atoms with van der Waals surface area (Å²) in [4.78, 5) is 22.4. The van der Waals surface area contributed by atoms with Gasteiger partial charge in [0.25, 0.3) is 0 Å². The molecule has 0 saturated carbocycles. The summed E-state index contributed by atoms with van der Waals surface area (Å²) in [7, 11) is 1.31. The maximum atomic E-state index is 11.3. The minimum Gasteiger partial charge on any atom is -0.465 e. The van der Waals surface area contributed by atoms with Gasteiger partial charge in [-0.1, -0.05) is 18.7 Å². The number of ether oxygens (including phenoxy) is 1. The molecule has 0 aliphatic rings. The number of allylic oxidation sites excluding steroid dienone is 1. The van der Waals surface area contributed by atoms with E-state index in [0.29, 0.717) is 11.1 Å². The van der Waals surface area contributed by atoms with E-state index >= 15 is 0 Å². The molecule has 1 rings (SSSR count). The van der Waals surface area contributed by atoms with Crippen LogP contribution in [0.2, 0.25) is 0 Å². The molecule has 0 aliphatic heterocycles. The Kier molecular flexibility index (Phi) is 3.61. The second-order valence-electron chi connectivity index (χ2n) is 2.78. The molecule has 1 aromatic rings. The fraction of sp³-hybridized carbons (Fsp3) is 0.0833. The van der Waals surface area contributed by atoms with Crippen LogP contribution in [0.3, 0.4) is 0 Å². The Morgan fingerprint density at radius 2 is 1.80 bits per heavy atom.